The van der Waals surface area contributed by atoms with Crippen molar-refractivity contribution in [3.8, 4) is 16.9 Å². The number of amides is 3. The van der Waals surface area contributed by atoms with Gasteiger partial charge in [-0.2, -0.15) is 13.2 Å². The molecule has 3 aromatic heterocycles. The first-order valence-corrected chi connectivity index (χ1v) is 20.0. The van der Waals surface area contributed by atoms with Crippen molar-refractivity contribution in [3.05, 3.63) is 102 Å². The first kappa shape index (κ1) is 39.2. The number of unbranched alkanes of at least 4 members (excludes halogenated alkanes) is 2. The molecule has 0 bridgehead atoms. The molecule has 0 aliphatic carbocycles. The van der Waals surface area contributed by atoms with Crippen LogP contribution in [0.25, 0.3) is 32.9 Å². The van der Waals surface area contributed by atoms with E-state index in [-0.39, 0.29) is 11.5 Å². The standard InChI is InChI=1S/C44H46F3N7O4/c1-29-7-14-39(41(55)50-29)54-42(56)35-13-11-33(25-36(35)43(54)57)58-23-4-2-3-17-51-19-21-52(22-20-51)18-5-6-32-10-8-31(26-49-32)30-9-12-34-37-27-48-16-15-38(37)53(40(34)24-30)28-44(45,46)47/h8-13,15-16,24-27,39H,1-7,14,17-23,28H2,(H,50,55). The molecule has 0 radical (unpaired) electrons. The maximum atomic E-state index is 13.5. The second-order valence-corrected chi connectivity index (χ2v) is 15.4. The van der Waals surface area contributed by atoms with Crippen molar-refractivity contribution in [2.45, 2.75) is 63.7 Å². The Morgan fingerprint density at radius 1 is 0.793 bits per heavy atom. The van der Waals surface area contributed by atoms with Gasteiger partial charge in [0, 0.05) is 72.5 Å². The Morgan fingerprint density at radius 3 is 2.29 bits per heavy atom. The number of benzene rings is 2. The summed E-state index contributed by atoms with van der Waals surface area (Å²) in [5, 5.41) is 4.09. The van der Waals surface area contributed by atoms with Gasteiger partial charge in [-0.25, -0.2) is 0 Å². The number of nitrogens with one attached hydrogen (secondary N) is 1. The average Bonchev–Trinajstić information content (AvgIpc) is 3.65. The number of fused-ring (bicyclic) bond motifs is 4. The number of ether oxygens (including phenoxy) is 1. The Hall–Kier alpha value is -5.60. The number of allylic oxidation sites excluding steroid dienone is 1. The number of alkyl halides is 3. The zero-order chi connectivity index (χ0) is 40.4. The van der Waals surface area contributed by atoms with E-state index in [0.717, 1.165) is 98.5 Å². The van der Waals surface area contributed by atoms with Crippen LogP contribution in [0.5, 0.6) is 5.75 Å². The van der Waals surface area contributed by atoms with Gasteiger partial charge >= 0.3 is 6.18 Å². The maximum Gasteiger partial charge on any atom is 0.406 e. The lowest BCUT2D eigenvalue weighted by Crippen LogP contribution is -2.51. The molecule has 11 nitrogen and oxygen atoms in total. The fourth-order valence-corrected chi connectivity index (χ4v) is 8.36. The van der Waals surface area contributed by atoms with Crippen LogP contribution >= 0.6 is 0 Å². The number of nitrogens with zero attached hydrogens (tertiary/aromatic N) is 6. The summed E-state index contributed by atoms with van der Waals surface area (Å²) < 4.78 is 47.8. The third-order valence-corrected chi connectivity index (χ3v) is 11.4. The van der Waals surface area contributed by atoms with Crippen molar-refractivity contribution in [1.82, 2.24) is 34.6 Å². The third-order valence-electron chi connectivity index (χ3n) is 11.4. The summed E-state index contributed by atoms with van der Waals surface area (Å²) in [5.74, 6) is -0.766. The number of hydrogen-bond donors (Lipinski definition) is 1. The van der Waals surface area contributed by atoms with Crippen LogP contribution in [-0.4, -0.2) is 105 Å². The van der Waals surface area contributed by atoms with E-state index >= 15 is 0 Å². The number of pyridine rings is 2. The largest absolute Gasteiger partial charge is 0.494 e. The summed E-state index contributed by atoms with van der Waals surface area (Å²) in [6.07, 6.45) is 6.27. The molecule has 3 amide bonds. The van der Waals surface area contributed by atoms with Gasteiger partial charge < -0.3 is 24.4 Å². The third kappa shape index (κ3) is 8.48. The van der Waals surface area contributed by atoms with E-state index in [1.54, 1.807) is 30.5 Å². The minimum absolute atomic E-state index is 0.271. The topological polar surface area (TPSA) is 113 Å². The zero-order valence-corrected chi connectivity index (χ0v) is 32.3. The average molecular weight is 794 g/mol. The summed E-state index contributed by atoms with van der Waals surface area (Å²) in [4.78, 5) is 53.5. The molecular weight excluding hydrogens is 748 g/mol. The lowest BCUT2D eigenvalue weighted by molar-refractivity contribution is -0.139. The van der Waals surface area contributed by atoms with Gasteiger partial charge in [0.15, 0.2) is 0 Å². The van der Waals surface area contributed by atoms with Crippen molar-refractivity contribution in [1.29, 1.82) is 0 Å². The monoisotopic (exact) mass is 793 g/mol. The lowest BCUT2D eigenvalue weighted by Gasteiger charge is -2.34. The summed E-state index contributed by atoms with van der Waals surface area (Å²) in [6, 6.07) is 15.3. The van der Waals surface area contributed by atoms with Gasteiger partial charge in [-0.15, -0.1) is 0 Å². The Kier molecular flexibility index (Phi) is 11.3. The zero-order valence-electron chi connectivity index (χ0n) is 32.3. The molecule has 5 aromatic rings. The Morgan fingerprint density at radius 2 is 1.55 bits per heavy atom. The van der Waals surface area contributed by atoms with Crippen molar-refractivity contribution in [2.24, 2.45) is 0 Å². The highest BCUT2D eigenvalue weighted by Crippen LogP contribution is 2.35. The van der Waals surface area contributed by atoms with Crippen LogP contribution in [0.2, 0.25) is 0 Å². The fourth-order valence-electron chi connectivity index (χ4n) is 8.36. The smallest absolute Gasteiger partial charge is 0.406 e. The number of imide groups is 1. The van der Waals surface area contributed by atoms with Crippen LogP contribution in [0.4, 0.5) is 13.2 Å². The van der Waals surface area contributed by atoms with E-state index in [9.17, 15) is 27.6 Å². The molecule has 302 valence electrons. The Balaban J connectivity index is 0.729. The number of carbonyl (C=O) groups excluding carboxylic acids is 3. The van der Waals surface area contributed by atoms with Crippen LogP contribution in [0, 0.1) is 0 Å². The van der Waals surface area contributed by atoms with Gasteiger partial charge in [-0.3, -0.25) is 29.3 Å². The van der Waals surface area contributed by atoms with Gasteiger partial charge in [0.05, 0.1) is 28.8 Å². The van der Waals surface area contributed by atoms with Gasteiger partial charge in [0.2, 0.25) is 5.91 Å². The number of rotatable bonds is 14. The molecule has 1 N–H and O–H groups in total. The highest BCUT2D eigenvalue weighted by Gasteiger charge is 2.44. The number of piperazine rings is 1. The molecule has 14 heteroatoms. The number of aromatic nitrogens is 3. The van der Waals surface area contributed by atoms with Gasteiger partial charge in [-0.05, 0) is 100.0 Å². The van der Waals surface area contributed by atoms with E-state index in [1.807, 2.05) is 36.5 Å². The summed E-state index contributed by atoms with van der Waals surface area (Å²) >= 11 is 0. The van der Waals surface area contributed by atoms with E-state index in [4.69, 9.17) is 9.72 Å². The predicted octanol–water partition coefficient (Wildman–Crippen LogP) is 7.00. The SMILES string of the molecule is C=C1CCC(N2C(=O)c3ccc(OCCCCCN4CCN(CCCc5ccc(-c6ccc7c8cnccc8n(CC(F)(F)F)c7c6)cn5)CC4)cc3C2=O)C(=O)N1. The molecule has 3 aliphatic rings. The van der Waals surface area contributed by atoms with Crippen molar-refractivity contribution in [2.75, 3.05) is 45.9 Å². The number of halogens is 3. The van der Waals surface area contributed by atoms with E-state index in [2.05, 4.69) is 26.7 Å². The van der Waals surface area contributed by atoms with Gasteiger partial charge in [-0.1, -0.05) is 24.8 Å². The molecule has 1 unspecified atom stereocenters. The Labute approximate surface area is 334 Å². The van der Waals surface area contributed by atoms with Crippen LogP contribution in [0.3, 0.4) is 0 Å². The summed E-state index contributed by atoms with van der Waals surface area (Å²) in [6.45, 7) is 9.35. The van der Waals surface area contributed by atoms with Crippen LogP contribution in [-0.2, 0) is 17.8 Å². The van der Waals surface area contributed by atoms with E-state index in [1.165, 1.54) is 10.8 Å². The Bertz CT molecular complexity index is 2350. The molecule has 2 saturated heterocycles. The van der Waals surface area contributed by atoms with Gasteiger partial charge in [0.25, 0.3) is 11.8 Å². The lowest BCUT2D eigenvalue weighted by atomic mass is 10.0. The van der Waals surface area contributed by atoms with Crippen molar-refractivity contribution >= 4 is 39.5 Å². The second-order valence-electron chi connectivity index (χ2n) is 15.4. The highest BCUT2D eigenvalue weighted by molar-refractivity contribution is 6.23. The maximum absolute atomic E-state index is 13.5. The normalized spacial score (nSPS) is 18.1. The molecule has 1 atom stereocenters. The molecule has 8 rings (SSSR count). The number of piperidine rings is 1. The minimum atomic E-state index is -4.35. The molecule has 0 saturated carbocycles. The van der Waals surface area contributed by atoms with Crippen LogP contribution in [0.15, 0.2) is 85.5 Å². The summed E-state index contributed by atoms with van der Waals surface area (Å²) in [7, 11) is 0. The fraction of sp³-hybridized carbons (Fsp3) is 0.386. The van der Waals surface area contributed by atoms with Crippen molar-refractivity contribution < 1.29 is 32.3 Å². The van der Waals surface area contributed by atoms with E-state index < -0.39 is 30.6 Å². The molecule has 2 fully saturated rings. The number of hydrogen-bond acceptors (Lipinski definition) is 8. The summed E-state index contributed by atoms with van der Waals surface area (Å²) in [5.41, 5.74) is 4.86. The minimum Gasteiger partial charge on any atom is -0.494 e. The molecule has 6 heterocycles. The highest BCUT2D eigenvalue weighted by atomic mass is 19.4. The number of aryl methyl sites for hydroxylation is 1. The molecular formula is C44H46F3N7O4. The molecule has 0 spiro atoms. The van der Waals surface area contributed by atoms with Crippen LogP contribution in [0.1, 0.15) is 64.9 Å². The predicted molar refractivity (Wildman–Crippen MR) is 214 cm³/mol. The number of carbonyl (C=O) groups is 3. The molecule has 58 heavy (non-hydrogen) atoms. The quantitative estimate of drug-likeness (QED) is 0.0946. The molecule has 3 aliphatic heterocycles. The molecule has 2 aromatic carbocycles. The first-order chi connectivity index (χ1) is 28.0. The van der Waals surface area contributed by atoms with Crippen LogP contribution < -0.4 is 10.1 Å². The second kappa shape index (κ2) is 16.7. The van der Waals surface area contributed by atoms with Crippen molar-refractivity contribution in [3.63, 3.8) is 0 Å². The first-order valence-electron chi connectivity index (χ1n) is 20.0. The van der Waals surface area contributed by atoms with E-state index in [0.29, 0.717) is 52.9 Å². The van der Waals surface area contributed by atoms with Gasteiger partial charge in [0.1, 0.15) is 18.3 Å².